The van der Waals surface area contributed by atoms with E-state index in [4.69, 9.17) is 4.74 Å². The molecule has 1 saturated carbocycles. The lowest BCUT2D eigenvalue weighted by Crippen LogP contribution is -2.32. The highest BCUT2D eigenvalue weighted by Gasteiger charge is 2.24. The molecule has 5 rings (SSSR count). The Kier molecular flexibility index (Phi) is 6.09. The Bertz CT molecular complexity index is 1130. The lowest BCUT2D eigenvalue weighted by atomic mass is 9.93. The molecule has 3 aromatic heterocycles. The summed E-state index contributed by atoms with van der Waals surface area (Å²) in [6.45, 7) is 3.62. The molecule has 8 nitrogen and oxygen atoms in total. The smallest absolute Gasteiger partial charge is 0.216 e. The number of fused-ring (bicyclic) bond motifs is 1. The minimum Gasteiger partial charge on any atom is -0.481 e. The molecule has 2 aliphatic rings. The maximum atomic E-state index is 9.77. The van der Waals surface area contributed by atoms with Crippen molar-refractivity contribution in [3.05, 3.63) is 53.7 Å². The van der Waals surface area contributed by atoms with Gasteiger partial charge in [0, 0.05) is 48.4 Å². The van der Waals surface area contributed by atoms with Crippen LogP contribution in [0.1, 0.15) is 42.5 Å². The van der Waals surface area contributed by atoms with Crippen LogP contribution in [0, 0.1) is 6.92 Å². The second-order valence-electron chi connectivity index (χ2n) is 8.92. The Morgan fingerprint density at radius 3 is 2.73 bits per heavy atom. The van der Waals surface area contributed by atoms with E-state index in [9.17, 15) is 5.11 Å². The van der Waals surface area contributed by atoms with Crippen molar-refractivity contribution < 1.29 is 9.84 Å². The number of aliphatic hydroxyl groups excluding tert-OH is 1. The largest absolute Gasteiger partial charge is 0.481 e. The Morgan fingerprint density at radius 1 is 1.09 bits per heavy atom. The first-order valence-electron chi connectivity index (χ1n) is 11.6. The zero-order chi connectivity index (χ0) is 22.8. The highest BCUT2D eigenvalue weighted by Crippen LogP contribution is 2.32. The fraction of sp³-hybridized carbons (Fsp3) is 0.440. The van der Waals surface area contributed by atoms with Crippen molar-refractivity contribution >= 4 is 11.5 Å². The molecule has 1 fully saturated rings. The predicted molar refractivity (Wildman–Crippen MR) is 127 cm³/mol. The average molecular weight is 447 g/mol. The number of methoxy groups -OCH3 is 1. The maximum absolute atomic E-state index is 9.77. The fourth-order valence-electron chi connectivity index (χ4n) is 4.83. The summed E-state index contributed by atoms with van der Waals surface area (Å²) in [5, 5.41) is 13.3. The Balaban J connectivity index is 1.40. The molecule has 0 unspecified atom stereocenters. The summed E-state index contributed by atoms with van der Waals surface area (Å²) in [6, 6.07) is 6.55. The number of aliphatic hydroxyl groups is 1. The lowest BCUT2D eigenvalue weighted by molar-refractivity contribution is 0.126. The summed E-state index contributed by atoms with van der Waals surface area (Å²) in [5.74, 6) is 1.51. The third kappa shape index (κ3) is 4.61. The molecule has 0 radical (unpaired) electrons. The van der Waals surface area contributed by atoms with Crippen LogP contribution >= 0.6 is 0 Å². The second-order valence-corrected chi connectivity index (χ2v) is 8.92. The van der Waals surface area contributed by atoms with Gasteiger partial charge in [-0.15, -0.1) is 0 Å². The molecule has 2 N–H and O–H groups in total. The molecule has 0 amide bonds. The zero-order valence-corrected chi connectivity index (χ0v) is 19.2. The van der Waals surface area contributed by atoms with Gasteiger partial charge in [-0.05, 0) is 50.8 Å². The monoisotopic (exact) mass is 446 g/mol. The SMILES string of the molecule is COc1ncc(N2CCc3ncnc(-c4ccnc(NC5CCC(O)CC5)c4)c3C2)cc1C. The molecule has 0 spiro atoms. The van der Waals surface area contributed by atoms with E-state index >= 15 is 0 Å². The Hall–Kier alpha value is -3.26. The molecule has 0 atom stereocenters. The molecule has 172 valence electrons. The van der Waals surface area contributed by atoms with Gasteiger partial charge in [0.15, 0.2) is 0 Å². The number of aromatic nitrogens is 4. The van der Waals surface area contributed by atoms with E-state index in [-0.39, 0.29) is 6.10 Å². The third-order valence-electron chi connectivity index (χ3n) is 6.66. The molecule has 3 aromatic rings. The molecule has 0 aromatic carbocycles. The van der Waals surface area contributed by atoms with E-state index in [0.29, 0.717) is 11.9 Å². The van der Waals surface area contributed by atoms with Crippen LogP contribution in [-0.2, 0) is 13.0 Å². The third-order valence-corrected chi connectivity index (χ3v) is 6.66. The van der Waals surface area contributed by atoms with Gasteiger partial charge >= 0.3 is 0 Å². The van der Waals surface area contributed by atoms with Crippen molar-refractivity contribution in [3.8, 4) is 17.1 Å². The first-order chi connectivity index (χ1) is 16.1. The summed E-state index contributed by atoms with van der Waals surface area (Å²) < 4.78 is 5.32. The van der Waals surface area contributed by atoms with Crippen LogP contribution in [0.5, 0.6) is 5.88 Å². The number of aryl methyl sites for hydroxylation is 1. The number of hydrogen-bond acceptors (Lipinski definition) is 8. The summed E-state index contributed by atoms with van der Waals surface area (Å²) in [4.78, 5) is 20.6. The number of ether oxygens (including phenoxy) is 1. The second kappa shape index (κ2) is 9.31. The fourth-order valence-corrected chi connectivity index (χ4v) is 4.83. The highest BCUT2D eigenvalue weighted by atomic mass is 16.5. The standard InChI is InChI=1S/C25H30N6O2/c1-16-11-19(13-27-25(16)33-2)31-10-8-22-21(14-31)24(29-15-28-22)17-7-9-26-23(12-17)30-18-3-5-20(32)6-4-18/h7,9,11-13,15,18,20,32H,3-6,8,10,14H2,1-2H3,(H,26,30). The Morgan fingerprint density at radius 2 is 1.94 bits per heavy atom. The van der Waals surface area contributed by atoms with Gasteiger partial charge in [-0.1, -0.05) is 0 Å². The number of hydrogen-bond donors (Lipinski definition) is 2. The van der Waals surface area contributed by atoms with Gasteiger partial charge in [0.2, 0.25) is 5.88 Å². The van der Waals surface area contributed by atoms with Gasteiger partial charge in [-0.25, -0.2) is 19.9 Å². The predicted octanol–water partition coefficient (Wildman–Crippen LogP) is 3.53. The van der Waals surface area contributed by atoms with Crippen molar-refractivity contribution in [1.82, 2.24) is 19.9 Å². The quantitative estimate of drug-likeness (QED) is 0.615. The summed E-state index contributed by atoms with van der Waals surface area (Å²) in [7, 11) is 1.64. The van der Waals surface area contributed by atoms with Crippen LogP contribution in [0.25, 0.3) is 11.3 Å². The molecule has 1 aliphatic carbocycles. The van der Waals surface area contributed by atoms with Crippen molar-refractivity contribution in [2.45, 2.75) is 57.7 Å². The van der Waals surface area contributed by atoms with Crippen molar-refractivity contribution in [2.24, 2.45) is 0 Å². The molecular weight excluding hydrogens is 416 g/mol. The van der Waals surface area contributed by atoms with Crippen LogP contribution < -0.4 is 15.0 Å². The molecule has 4 heterocycles. The van der Waals surface area contributed by atoms with E-state index in [1.54, 1.807) is 13.4 Å². The van der Waals surface area contributed by atoms with Gasteiger partial charge < -0.3 is 20.1 Å². The molecule has 0 bridgehead atoms. The molecule has 33 heavy (non-hydrogen) atoms. The van der Waals surface area contributed by atoms with E-state index in [0.717, 1.165) is 84.8 Å². The van der Waals surface area contributed by atoms with Crippen molar-refractivity contribution in [1.29, 1.82) is 0 Å². The van der Waals surface area contributed by atoms with Gasteiger partial charge in [0.1, 0.15) is 12.1 Å². The highest BCUT2D eigenvalue weighted by molar-refractivity contribution is 5.68. The topological polar surface area (TPSA) is 96.3 Å². The van der Waals surface area contributed by atoms with Gasteiger partial charge in [-0.2, -0.15) is 0 Å². The van der Waals surface area contributed by atoms with Gasteiger partial charge in [0.25, 0.3) is 0 Å². The first kappa shape index (κ1) is 21.6. The van der Waals surface area contributed by atoms with E-state index < -0.39 is 0 Å². The first-order valence-corrected chi connectivity index (χ1v) is 11.6. The van der Waals surface area contributed by atoms with Gasteiger partial charge in [-0.3, -0.25) is 0 Å². The summed E-state index contributed by atoms with van der Waals surface area (Å²) >= 11 is 0. The normalized spacial score (nSPS) is 20.3. The van der Waals surface area contributed by atoms with E-state index in [1.165, 1.54) is 0 Å². The van der Waals surface area contributed by atoms with Crippen LogP contribution in [0.3, 0.4) is 0 Å². The summed E-state index contributed by atoms with van der Waals surface area (Å²) in [5.41, 5.74) is 6.33. The molecule has 8 heteroatoms. The number of rotatable bonds is 5. The lowest BCUT2D eigenvalue weighted by Gasteiger charge is -2.31. The van der Waals surface area contributed by atoms with Crippen LogP contribution in [0.15, 0.2) is 36.9 Å². The number of nitrogens with one attached hydrogen (secondary N) is 1. The molecule has 1 aliphatic heterocycles. The van der Waals surface area contributed by atoms with Crippen molar-refractivity contribution in [2.75, 3.05) is 23.9 Å². The summed E-state index contributed by atoms with van der Waals surface area (Å²) in [6.07, 6.45) is 9.66. The van der Waals surface area contributed by atoms with Crippen LogP contribution in [0.4, 0.5) is 11.5 Å². The van der Waals surface area contributed by atoms with Crippen LogP contribution in [-0.4, -0.2) is 50.8 Å². The van der Waals surface area contributed by atoms with Crippen molar-refractivity contribution in [3.63, 3.8) is 0 Å². The molecular formula is C25H30N6O2. The maximum Gasteiger partial charge on any atom is 0.216 e. The van der Waals surface area contributed by atoms with Crippen LogP contribution in [0.2, 0.25) is 0 Å². The number of anilines is 2. The van der Waals surface area contributed by atoms with E-state index in [1.807, 2.05) is 25.4 Å². The molecule has 0 saturated heterocycles. The number of pyridine rings is 2. The minimum atomic E-state index is -0.164. The average Bonchev–Trinajstić information content (AvgIpc) is 2.85. The minimum absolute atomic E-state index is 0.164. The zero-order valence-electron chi connectivity index (χ0n) is 19.2. The Labute approximate surface area is 194 Å². The van der Waals surface area contributed by atoms with Gasteiger partial charge in [0.05, 0.1) is 36.5 Å². The number of nitrogens with zero attached hydrogens (tertiary/aromatic N) is 5. The van der Waals surface area contributed by atoms with E-state index in [2.05, 4.69) is 42.3 Å².